The van der Waals surface area contributed by atoms with Gasteiger partial charge in [-0.15, -0.1) is 0 Å². The van der Waals surface area contributed by atoms with Crippen LogP contribution in [0.3, 0.4) is 0 Å². The molecule has 0 saturated heterocycles. The Hall–Kier alpha value is -1.65. The summed E-state index contributed by atoms with van der Waals surface area (Å²) >= 11 is 0. The number of esters is 1. The van der Waals surface area contributed by atoms with Gasteiger partial charge in [-0.05, 0) is 25.3 Å². The van der Waals surface area contributed by atoms with Gasteiger partial charge in [0.05, 0.1) is 12.7 Å². The quantitative estimate of drug-likeness (QED) is 0.562. The minimum absolute atomic E-state index is 0.154. The van der Waals surface area contributed by atoms with Crippen molar-refractivity contribution in [1.29, 1.82) is 0 Å². The molecular weight excluding hydrogens is 256 g/mol. The van der Waals surface area contributed by atoms with Crippen molar-refractivity contribution in [3.8, 4) is 0 Å². The molecule has 0 saturated carbocycles. The van der Waals surface area contributed by atoms with Crippen molar-refractivity contribution in [3.63, 3.8) is 0 Å². The van der Waals surface area contributed by atoms with E-state index in [1.54, 1.807) is 19.1 Å². The van der Waals surface area contributed by atoms with Crippen LogP contribution in [0.5, 0.6) is 0 Å². The van der Waals surface area contributed by atoms with Gasteiger partial charge in [0.2, 0.25) is 0 Å². The molecule has 2 N–H and O–H groups in total. The van der Waals surface area contributed by atoms with Gasteiger partial charge in [-0.2, -0.15) is 0 Å². The zero-order valence-electron chi connectivity index (χ0n) is 11.7. The van der Waals surface area contributed by atoms with Gasteiger partial charge in [0.15, 0.2) is 6.10 Å². The zero-order valence-corrected chi connectivity index (χ0v) is 11.7. The van der Waals surface area contributed by atoms with Crippen molar-refractivity contribution in [2.45, 2.75) is 38.4 Å². The minimum atomic E-state index is -1.16. The molecule has 0 amide bonds. The second-order valence-electron chi connectivity index (χ2n) is 4.52. The average Bonchev–Trinajstić information content (AvgIpc) is 2.46. The number of hydrogen-bond donors (Lipinski definition) is 2. The fraction of sp³-hybridized carbons (Fsp3) is 0.438. The summed E-state index contributed by atoms with van der Waals surface area (Å²) in [6.45, 7) is 1.94. The molecule has 0 bridgehead atoms. The summed E-state index contributed by atoms with van der Waals surface area (Å²) in [4.78, 5) is 11.2. The third kappa shape index (κ3) is 6.50. The molecule has 0 fully saturated rings. The molecule has 110 valence electrons. The summed E-state index contributed by atoms with van der Waals surface area (Å²) in [6, 6.07) is 9.92. The van der Waals surface area contributed by atoms with Crippen molar-refractivity contribution in [1.82, 2.24) is 0 Å². The SMILES string of the molecule is CCOC(=O)[C@H](O)C/C=C/[C@@H](O)CCc1ccccc1. The minimum Gasteiger partial charge on any atom is -0.464 e. The monoisotopic (exact) mass is 278 g/mol. The van der Waals surface area contributed by atoms with Crippen molar-refractivity contribution in [2.75, 3.05) is 6.61 Å². The van der Waals surface area contributed by atoms with E-state index in [4.69, 9.17) is 0 Å². The Labute approximate surface area is 119 Å². The number of ether oxygens (including phenoxy) is 1. The molecule has 1 aromatic rings. The van der Waals surface area contributed by atoms with Crippen LogP contribution in [0.15, 0.2) is 42.5 Å². The molecule has 1 aromatic carbocycles. The summed E-state index contributed by atoms with van der Waals surface area (Å²) in [5.74, 6) is -0.629. The number of aliphatic hydroxyl groups excluding tert-OH is 2. The van der Waals surface area contributed by atoms with Crippen LogP contribution < -0.4 is 0 Å². The molecule has 0 aliphatic carbocycles. The Morgan fingerprint density at radius 1 is 1.30 bits per heavy atom. The topological polar surface area (TPSA) is 66.8 Å². The smallest absolute Gasteiger partial charge is 0.335 e. The number of aryl methyl sites for hydroxylation is 1. The molecule has 0 aromatic heterocycles. The predicted octanol–water partition coefficient (Wildman–Crippen LogP) is 1.85. The van der Waals surface area contributed by atoms with Gasteiger partial charge in [0, 0.05) is 6.42 Å². The Morgan fingerprint density at radius 3 is 2.65 bits per heavy atom. The fourth-order valence-corrected chi connectivity index (χ4v) is 1.75. The molecule has 0 heterocycles. The van der Waals surface area contributed by atoms with Gasteiger partial charge in [-0.25, -0.2) is 4.79 Å². The van der Waals surface area contributed by atoms with Crippen LogP contribution in [0.2, 0.25) is 0 Å². The average molecular weight is 278 g/mol. The van der Waals surface area contributed by atoms with Crippen molar-refractivity contribution < 1.29 is 19.7 Å². The first-order chi connectivity index (χ1) is 9.63. The second-order valence-corrected chi connectivity index (χ2v) is 4.52. The van der Waals surface area contributed by atoms with Crippen molar-refractivity contribution in [2.24, 2.45) is 0 Å². The molecule has 2 atom stereocenters. The third-order valence-corrected chi connectivity index (χ3v) is 2.85. The van der Waals surface area contributed by atoms with E-state index in [-0.39, 0.29) is 13.0 Å². The van der Waals surface area contributed by atoms with Crippen LogP contribution >= 0.6 is 0 Å². The van der Waals surface area contributed by atoms with Gasteiger partial charge in [0.1, 0.15) is 0 Å². The standard InChI is InChI=1S/C16H22O4/c1-2-20-16(19)15(18)10-6-9-14(17)12-11-13-7-4-3-5-8-13/h3-9,14-15,17-18H,2,10-12H2,1H3/b9-6+/t14-,15-/m1/s1. The lowest BCUT2D eigenvalue weighted by Crippen LogP contribution is -2.22. The number of carbonyl (C=O) groups excluding carboxylic acids is 1. The van der Waals surface area contributed by atoms with Gasteiger partial charge in [-0.3, -0.25) is 0 Å². The van der Waals surface area contributed by atoms with E-state index in [0.717, 1.165) is 6.42 Å². The Kier molecular flexibility index (Phi) is 7.62. The van der Waals surface area contributed by atoms with E-state index in [9.17, 15) is 15.0 Å². The first kappa shape index (κ1) is 16.4. The van der Waals surface area contributed by atoms with Crippen LogP contribution in [-0.4, -0.2) is 35.0 Å². The van der Waals surface area contributed by atoms with Crippen LogP contribution in [0.1, 0.15) is 25.3 Å². The maximum atomic E-state index is 11.2. The highest BCUT2D eigenvalue weighted by molar-refractivity contribution is 5.74. The zero-order chi connectivity index (χ0) is 14.8. The van der Waals surface area contributed by atoms with Gasteiger partial charge in [0.25, 0.3) is 0 Å². The summed E-state index contributed by atoms with van der Waals surface area (Å²) in [5.41, 5.74) is 1.17. The van der Waals surface area contributed by atoms with E-state index in [0.29, 0.717) is 6.42 Å². The molecule has 0 unspecified atom stereocenters. The Balaban J connectivity index is 2.26. The summed E-state index contributed by atoms with van der Waals surface area (Å²) in [6.07, 6.45) is 3.02. The fourth-order valence-electron chi connectivity index (χ4n) is 1.75. The normalized spacial score (nSPS) is 14.2. The molecule has 4 heteroatoms. The molecule has 20 heavy (non-hydrogen) atoms. The van der Waals surface area contributed by atoms with Crippen LogP contribution in [-0.2, 0) is 16.0 Å². The van der Waals surface area contributed by atoms with Gasteiger partial charge in [-0.1, -0.05) is 42.5 Å². The van der Waals surface area contributed by atoms with Crippen LogP contribution in [0, 0.1) is 0 Å². The highest BCUT2D eigenvalue weighted by Gasteiger charge is 2.13. The number of rotatable bonds is 8. The van der Waals surface area contributed by atoms with Crippen molar-refractivity contribution >= 4 is 5.97 Å². The number of aliphatic hydroxyl groups is 2. The lowest BCUT2D eigenvalue weighted by Gasteiger charge is -2.08. The highest BCUT2D eigenvalue weighted by atomic mass is 16.5. The summed E-state index contributed by atoms with van der Waals surface area (Å²) in [5, 5.41) is 19.2. The first-order valence-electron chi connectivity index (χ1n) is 6.86. The van der Waals surface area contributed by atoms with E-state index in [1.807, 2.05) is 30.3 Å². The second kappa shape index (κ2) is 9.28. The molecule has 0 aliphatic heterocycles. The lowest BCUT2D eigenvalue weighted by atomic mass is 10.1. The molecule has 1 rings (SSSR count). The number of benzene rings is 1. The molecule has 0 aliphatic rings. The molecule has 0 radical (unpaired) electrons. The third-order valence-electron chi connectivity index (χ3n) is 2.85. The van der Waals surface area contributed by atoms with E-state index < -0.39 is 18.2 Å². The summed E-state index contributed by atoms with van der Waals surface area (Å²) in [7, 11) is 0. The van der Waals surface area contributed by atoms with E-state index in [1.165, 1.54) is 5.56 Å². The first-order valence-corrected chi connectivity index (χ1v) is 6.86. The summed E-state index contributed by atoms with van der Waals surface area (Å²) < 4.78 is 4.68. The van der Waals surface area contributed by atoms with Crippen molar-refractivity contribution in [3.05, 3.63) is 48.0 Å². The largest absolute Gasteiger partial charge is 0.464 e. The molecule has 4 nitrogen and oxygen atoms in total. The number of carbonyl (C=O) groups is 1. The maximum absolute atomic E-state index is 11.2. The molecular formula is C16H22O4. The van der Waals surface area contributed by atoms with Gasteiger partial charge >= 0.3 is 5.97 Å². The van der Waals surface area contributed by atoms with E-state index in [2.05, 4.69) is 4.74 Å². The van der Waals surface area contributed by atoms with E-state index >= 15 is 0 Å². The maximum Gasteiger partial charge on any atom is 0.335 e. The Morgan fingerprint density at radius 2 is 2.00 bits per heavy atom. The van der Waals surface area contributed by atoms with Crippen LogP contribution in [0.25, 0.3) is 0 Å². The van der Waals surface area contributed by atoms with Gasteiger partial charge < -0.3 is 14.9 Å². The van der Waals surface area contributed by atoms with Crippen LogP contribution in [0.4, 0.5) is 0 Å². The predicted molar refractivity (Wildman–Crippen MR) is 77.2 cm³/mol. The highest BCUT2D eigenvalue weighted by Crippen LogP contribution is 2.06. The molecule has 0 spiro atoms. The number of hydrogen-bond acceptors (Lipinski definition) is 4. The lowest BCUT2D eigenvalue weighted by molar-refractivity contribution is -0.152. The Bertz CT molecular complexity index is 414.